The summed E-state index contributed by atoms with van der Waals surface area (Å²) in [5.74, 6) is -0.638. The molecule has 0 aliphatic carbocycles. The number of benzene rings is 2. The smallest absolute Gasteiger partial charge is 0.335 e. The molecule has 0 unspecified atom stereocenters. The van der Waals surface area contributed by atoms with Crippen molar-refractivity contribution in [2.75, 3.05) is 17.3 Å². The van der Waals surface area contributed by atoms with Gasteiger partial charge in [-0.05, 0) is 92.3 Å². The molecular formula is C30H29N5O4S. The molecule has 1 saturated heterocycles. The van der Waals surface area contributed by atoms with Crippen LogP contribution in [0.15, 0.2) is 72.9 Å². The summed E-state index contributed by atoms with van der Waals surface area (Å²) >= 11 is 5.89. The van der Waals surface area contributed by atoms with Crippen molar-refractivity contribution in [2.45, 2.75) is 32.9 Å². The van der Waals surface area contributed by atoms with E-state index in [4.69, 9.17) is 17.0 Å². The van der Waals surface area contributed by atoms with E-state index in [1.54, 1.807) is 25.4 Å². The van der Waals surface area contributed by atoms with Gasteiger partial charge in [0.15, 0.2) is 5.11 Å². The van der Waals surface area contributed by atoms with Gasteiger partial charge in [-0.15, -0.1) is 0 Å². The van der Waals surface area contributed by atoms with Crippen LogP contribution in [0.2, 0.25) is 0 Å². The second-order valence-corrected chi connectivity index (χ2v) is 9.96. The minimum Gasteiger partial charge on any atom is -0.495 e. The molecule has 4 aromatic rings. The number of carboxylic acid groups (broad SMARTS) is 1. The maximum Gasteiger partial charge on any atom is 0.335 e. The van der Waals surface area contributed by atoms with Crippen LogP contribution in [0, 0.1) is 13.8 Å². The number of rotatable bonds is 7. The number of carbonyl (C=O) groups is 2. The fraction of sp³-hybridized carbons (Fsp3) is 0.200. The van der Waals surface area contributed by atoms with Crippen LogP contribution in [0.1, 0.15) is 52.0 Å². The number of aromatic carboxylic acids is 1. The van der Waals surface area contributed by atoms with Gasteiger partial charge in [0.1, 0.15) is 5.75 Å². The molecule has 1 amide bonds. The fourth-order valence-electron chi connectivity index (χ4n) is 5.32. The molecule has 5 rings (SSSR count). The van der Waals surface area contributed by atoms with Crippen molar-refractivity contribution < 1.29 is 19.4 Å². The number of anilines is 2. The van der Waals surface area contributed by atoms with E-state index in [-0.39, 0.29) is 23.6 Å². The second kappa shape index (κ2) is 10.8. The lowest BCUT2D eigenvalue weighted by atomic mass is 9.96. The Morgan fingerprint density at radius 1 is 1.05 bits per heavy atom. The van der Waals surface area contributed by atoms with Gasteiger partial charge in [-0.3, -0.25) is 9.78 Å². The highest BCUT2D eigenvalue weighted by Gasteiger charge is 2.42. The lowest BCUT2D eigenvalue weighted by Crippen LogP contribution is -2.29. The number of nitrogens with zero attached hydrogens (tertiary/aromatic N) is 3. The normalized spacial score (nSPS) is 16.5. The number of aryl methyl sites for hydroxylation is 1. The minimum absolute atomic E-state index is 0.210. The summed E-state index contributed by atoms with van der Waals surface area (Å²) in [7, 11) is 1.56. The number of amides is 1. The average molecular weight is 556 g/mol. The summed E-state index contributed by atoms with van der Waals surface area (Å²) in [5, 5.41) is 16.2. The predicted molar refractivity (Wildman–Crippen MR) is 157 cm³/mol. The Hall–Kier alpha value is -4.70. The molecule has 3 heterocycles. The molecule has 0 radical (unpaired) electrons. The first kappa shape index (κ1) is 26.9. The second-order valence-electron chi connectivity index (χ2n) is 9.58. The average Bonchev–Trinajstić information content (AvgIpc) is 3.43. The van der Waals surface area contributed by atoms with Crippen molar-refractivity contribution in [3.05, 3.63) is 101 Å². The Kier molecular flexibility index (Phi) is 7.27. The van der Waals surface area contributed by atoms with Crippen LogP contribution in [0.5, 0.6) is 5.75 Å². The fourth-order valence-corrected chi connectivity index (χ4v) is 5.67. The van der Waals surface area contributed by atoms with E-state index in [9.17, 15) is 14.7 Å². The van der Waals surface area contributed by atoms with Crippen LogP contribution in [0.3, 0.4) is 0 Å². The van der Waals surface area contributed by atoms with E-state index in [0.29, 0.717) is 16.5 Å². The zero-order valence-corrected chi connectivity index (χ0v) is 23.3. The number of carboxylic acids is 1. The highest BCUT2D eigenvalue weighted by molar-refractivity contribution is 7.80. The maximum atomic E-state index is 11.9. The summed E-state index contributed by atoms with van der Waals surface area (Å²) in [6, 6.07) is 19.8. The SMILES string of the molecule is COc1ccc(N2C(=S)N[C@H](c3ccccn3)[C@@H]2c2cc(C)n(-c3ccc(C(=O)O)cc3)c2C)cc1NC(C)=O. The zero-order chi connectivity index (χ0) is 28.6. The van der Waals surface area contributed by atoms with Gasteiger partial charge in [0.25, 0.3) is 0 Å². The van der Waals surface area contributed by atoms with E-state index in [1.807, 2.05) is 67.3 Å². The Bertz CT molecular complexity index is 1600. The Labute approximate surface area is 237 Å². The van der Waals surface area contributed by atoms with Gasteiger partial charge in [-0.25, -0.2) is 4.79 Å². The van der Waals surface area contributed by atoms with E-state index in [2.05, 4.69) is 26.3 Å². The monoisotopic (exact) mass is 555 g/mol. The number of thiocarbonyl (C=S) groups is 1. The Balaban J connectivity index is 1.66. The summed E-state index contributed by atoms with van der Waals surface area (Å²) in [6.07, 6.45) is 1.76. The largest absolute Gasteiger partial charge is 0.495 e. The summed E-state index contributed by atoms with van der Waals surface area (Å²) < 4.78 is 7.58. The summed E-state index contributed by atoms with van der Waals surface area (Å²) in [6.45, 7) is 5.51. The third kappa shape index (κ3) is 4.89. The molecule has 10 heteroatoms. The summed E-state index contributed by atoms with van der Waals surface area (Å²) in [4.78, 5) is 30.0. The molecule has 1 fully saturated rings. The van der Waals surface area contributed by atoms with Crippen molar-refractivity contribution in [2.24, 2.45) is 0 Å². The maximum absolute atomic E-state index is 11.9. The lowest BCUT2D eigenvalue weighted by Gasteiger charge is -2.29. The zero-order valence-electron chi connectivity index (χ0n) is 22.5. The quantitative estimate of drug-likeness (QED) is 0.263. The highest BCUT2D eigenvalue weighted by atomic mass is 32.1. The van der Waals surface area contributed by atoms with E-state index in [0.717, 1.165) is 34.0 Å². The van der Waals surface area contributed by atoms with Gasteiger partial charge < -0.3 is 29.9 Å². The first-order valence-electron chi connectivity index (χ1n) is 12.7. The Morgan fingerprint density at radius 3 is 2.40 bits per heavy atom. The molecule has 40 heavy (non-hydrogen) atoms. The number of methoxy groups -OCH3 is 1. The van der Waals surface area contributed by atoms with Crippen LogP contribution >= 0.6 is 12.2 Å². The number of carbonyl (C=O) groups excluding carboxylic acids is 1. The van der Waals surface area contributed by atoms with E-state index in [1.165, 1.54) is 6.92 Å². The molecule has 2 atom stereocenters. The van der Waals surface area contributed by atoms with Gasteiger partial charge in [-0.1, -0.05) is 6.07 Å². The topological polar surface area (TPSA) is 109 Å². The van der Waals surface area contributed by atoms with E-state index >= 15 is 0 Å². The van der Waals surface area contributed by atoms with Gasteiger partial charge in [0.05, 0.1) is 36.1 Å². The number of hydrogen-bond acceptors (Lipinski definition) is 5. The molecule has 2 aromatic heterocycles. The van der Waals surface area contributed by atoms with Crippen LogP contribution in [-0.2, 0) is 4.79 Å². The number of ether oxygens (including phenoxy) is 1. The third-order valence-corrected chi connectivity index (χ3v) is 7.35. The first-order chi connectivity index (χ1) is 19.2. The molecule has 1 aliphatic rings. The standard InChI is InChI=1S/C30H29N5O4S/c1-17-15-23(18(2)34(17)21-10-8-20(9-11-21)29(37)38)28-27(24-7-5-6-14-31-24)33-30(40)35(28)22-12-13-26(39-4)25(16-22)32-19(3)36/h5-16,27-28H,1-4H3,(H,32,36)(H,33,40)(H,37,38)/t27-,28+/m1/s1. The number of pyridine rings is 1. The highest BCUT2D eigenvalue weighted by Crippen LogP contribution is 2.45. The summed E-state index contributed by atoms with van der Waals surface area (Å²) in [5.41, 5.74) is 6.25. The third-order valence-electron chi connectivity index (χ3n) is 7.03. The van der Waals surface area contributed by atoms with E-state index < -0.39 is 5.97 Å². The molecule has 2 aromatic carbocycles. The molecule has 0 spiro atoms. The van der Waals surface area contributed by atoms with Crippen molar-refractivity contribution in [3.63, 3.8) is 0 Å². The van der Waals surface area contributed by atoms with Crippen LogP contribution in [0.4, 0.5) is 11.4 Å². The van der Waals surface area contributed by atoms with Gasteiger partial charge in [-0.2, -0.15) is 0 Å². The van der Waals surface area contributed by atoms with Crippen molar-refractivity contribution >= 4 is 40.6 Å². The molecule has 9 nitrogen and oxygen atoms in total. The van der Waals surface area contributed by atoms with Crippen LogP contribution < -0.4 is 20.3 Å². The van der Waals surface area contributed by atoms with Gasteiger partial charge >= 0.3 is 5.97 Å². The molecule has 0 saturated carbocycles. The van der Waals surface area contributed by atoms with Crippen LogP contribution in [-0.4, -0.2) is 38.8 Å². The molecular weight excluding hydrogens is 526 g/mol. The lowest BCUT2D eigenvalue weighted by molar-refractivity contribution is -0.114. The number of nitrogens with one attached hydrogen (secondary N) is 2. The number of aromatic nitrogens is 2. The number of hydrogen-bond donors (Lipinski definition) is 3. The van der Waals surface area contributed by atoms with Crippen molar-refractivity contribution in [3.8, 4) is 11.4 Å². The van der Waals surface area contributed by atoms with Crippen LogP contribution in [0.25, 0.3) is 5.69 Å². The molecule has 204 valence electrons. The van der Waals surface area contributed by atoms with Gasteiger partial charge in [0.2, 0.25) is 5.91 Å². The first-order valence-corrected chi connectivity index (χ1v) is 13.1. The molecule has 1 aliphatic heterocycles. The van der Waals surface area contributed by atoms with Crippen molar-refractivity contribution in [1.82, 2.24) is 14.9 Å². The van der Waals surface area contributed by atoms with Crippen molar-refractivity contribution in [1.29, 1.82) is 0 Å². The minimum atomic E-state index is -0.967. The molecule has 0 bridgehead atoms. The molecule has 3 N–H and O–H groups in total. The Morgan fingerprint density at radius 2 is 1.77 bits per heavy atom. The van der Waals surface area contributed by atoms with Gasteiger partial charge in [0, 0.05) is 35.9 Å². The predicted octanol–water partition coefficient (Wildman–Crippen LogP) is 5.33.